The molecule has 2 aromatic rings. The van der Waals surface area contributed by atoms with E-state index < -0.39 is 5.60 Å². The van der Waals surface area contributed by atoms with Gasteiger partial charge in [0.1, 0.15) is 0 Å². The Labute approximate surface area is 108 Å². The number of hydrogen-bond acceptors (Lipinski definition) is 1. The molecule has 0 radical (unpaired) electrons. The van der Waals surface area contributed by atoms with Crippen molar-refractivity contribution in [2.24, 2.45) is 0 Å². The smallest absolute Gasteiger partial charge is 0.0902 e. The van der Waals surface area contributed by atoms with Crippen LogP contribution in [0.1, 0.15) is 31.2 Å². The zero-order valence-electron chi connectivity index (χ0n) is 10.5. The SMILES string of the molecule is OC1(c2ccccc2-c2ccccc2)CCCC1. The molecule has 1 nitrogen and oxygen atoms in total. The van der Waals surface area contributed by atoms with Crippen LogP contribution in [0.4, 0.5) is 0 Å². The minimum absolute atomic E-state index is 0.619. The van der Waals surface area contributed by atoms with E-state index in [-0.39, 0.29) is 0 Å². The van der Waals surface area contributed by atoms with E-state index in [0.29, 0.717) is 0 Å². The Morgan fingerprint density at radius 1 is 0.778 bits per heavy atom. The molecule has 0 aliphatic heterocycles. The first-order valence-electron chi connectivity index (χ1n) is 6.67. The molecule has 0 saturated heterocycles. The van der Waals surface area contributed by atoms with Crippen LogP contribution in [0, 0.1) is 0 Å². The molecule has 18 heavy (non-hydrogen) atoms. The maximum atomic E-state index is 10.8. The average Bonchev–Trinajstić information content (AvgIpc) is 2.88. The zero-order chi connectivity index (χ0) is 12.4. The average molecular weight is 238 g/mol. The molecular formula is C17H18O. The van der Waals surface area contributed by atoms with Gasteiger partial charge in [-0.05, 0) is 29.5 Å². The zero-order valence-corrected chi connectivity index (χ0v) is 10.5. The maximum Gasteiger partial charge on any atom is 0.0902 e. The van der Waals surface area contributed by atoms with Crippen LogP contribution in [0.25, 0.3) is 11.1 Å². The minimum Gasteiger partial charge on any atom is -0.385 e. The van der Waals surface area contributed by atoms with Crippen LogP contribution in [-0.4, -0.2) is 5.11 Å². The number of hydrogen-bond donors (Lipinski definition) is 1. The van der Waals surface area contributed by atoms with E-state index >= 15 is 0 Å². The van der Waals surface area contributed by atoms with Crippen LogP contribution in [0.5, 0.6) is 0 Å². The molecule has 2 aromatic carbocycles. The lowest BCUT2D eigenvalue weighted by Crippen LogP contribution is -2.21. The lowest BCUT2D eigenvalue weighted by atomic mass is 9.86. The largest absolute Gasteiger partial charge is 0.385 e. The summed E-state index contributed by atoms with van der Waals surface area (Å²) in [5, 5.41) is 10.8. The first-order valence-corrected chi connectivity index (χ1v) is 6.67. The van der Waals surface area contributed by atoms with Gasteiger partial charge < -0.3 is 5.11 Å². The third-order valence-electron chi connectivity index (χ3n) is 3.94. The molecule has 1 N–H and O–H groups in total. The molecule has 0 heterocycles. The third kappa shape index (κ3) is 1.95. The summed E-state index contributed by atoms with van der Waals surface area (Å²) in [4.78, 5) is 0. The Morgan fingerprint density at radius 2 is 1.39 bits per heavy atom. The fourth-order valence-corrected chi connectivity index (χ4v) is 2.99. The monoisotopic (exact) mass is 238 g/mol. The van der Waals surface area contributed by atoms with Crippen molar-refractivity contribution in [1.29, 1.82) is 0 Å². The van der Waals surface area contributed by atoms with Gasteiger partial charge in [-0.1, -0.05) is 67.4 Å². The fourth-order valence-electron chi connectivity index (χ4n) is 2.99. The molecule has 0 amide bonds. The van der Waals surface area contributed by atoms with Crippen molar-refractivity contribution in [3.05, 3.63) is 60.2 Å². The summed E-state index contributed by atoms with van der Waals surface area (Å²) >= 11 is 0. The second kappa shape index (κ2) is 4.58. The van der Waals surface area contributed by atoms with Crippen molar-refractivity contribution in [2.45, 2.75) is 31.3 Å². The van der Waals surface area contributed by atoms with Crippen molar-refractivity contribution in [2.75, 3.05) is 0 Å². The lowest BCUT2D eigenvalue weighted by molar-refractivity contribution is 0.0450. The van der Waals surface area contributed by atoms with Crippen LogP contribution >= 0.6 is 0 Å². The summed E-state index contributed by atoms with van der Waals surface area (Å²) in [7, 11) is 0. The van der Waals surface area contributed by atoms with Gasteiger partial charge in [0.05, 0.1) is 5.60 Å². The summed E-state index contributed by atoms with van der Waals surface area (Å²) in [5.74, 6) is 0. The van der Waals surface area contributed by atoms with Gasteiger partial charge in [-0.3, -0.25) is 0 Å². The Hall–Kier alpha value is -1.60. The molecular weight excluding hydrogens is 220 g/mol. The summed E-state index contributed by atoms with van der Waals surface area (Å²) in [6.07, 6.45) is 4.02. The quantitative estimate of drug-likeness (QED) is 0.834. The molecule has 1 aliphatic carbocycles. The fraction of sp³-hybridized carbons (Fsp3) is 0.294. The van der Waals surface area contributed by atoms with Crippen LogP contribution in [0.15, 0.2) is 54.6 Å². The van der Waals surface area contributed by atoms with Crippen molar-refractivity contribution in [3.8, 4) is 11.1 Å². The Balaban J connectivity index is 2.11. The van der Waals surface area contributed by atoms with Gasteiger partial charge in [0.25, 0.3) is 0 Å². The third-order valence-corrected chi connectivity index (χ3v) is 3.94. The molecule has 92 valence electrons. The molecule has 0 bridgehead atoms. The molecule has 1 fully saturated rings. The van der Waals surface area contributed by atoms with Crippen LogP contribution in [0.3, 0.4) is 0 Å². The van der Waals surface area contributed by atoms with Gasteiger partial charge in [0.15, 0.2) is 0 Å². The summed E-state index contributed by atoms with van der Waals surface area (Å²) in [5.41, 5.74) is 2.83. The van der Waals surface area contributed by atoms with E-state index in [1.807, 2.05) is 30.3 Å². The second-order valence-corrected chi connectivity index (χ2v) is 5.15. The molecule has 1 aliphatic rings. The van der Waals surface area contributed by atoms with E-state index in [0.717, 1.165) is 31.2 Å². The van der Waals surface area contributed by atoms with Crippen LogP contribution in [-0.2, 0) is 5.60 Å². The standard InChI is InChI=1S/C17H18O/c18-17(12-6-7-13-17)16-11-5-4-10-15(16)14-8-2-1-3-9-14/h1-5,8-11,18H,6-7,12-13H2. The summed E-state index contributed by atoms with van der Waals surface area (Å²) < 4.78 is 0. The summed E-state index contributed by atoms with van der Waals surface area (Å²) in [6, 6.07) is 18.6. The van der Waals surface area contributed by atoms with Gasteiger partial charge >= 0.3 is 0 Å². The predicted molar refractivity (Wildman–Crippen MR) is 74.2 cm³/mol. The highest BCUT2D eigenvalue weighted by Crippen LogP contribution is 2.42. The van der Waals surface area contributed by atoms with Gasteiger partial charge in [-0.2, -0.15) is 0 Å². The normalized spacial score (nSPS) is 17.8. The lowest BCUT2D eigenvalue weighted by Gasteiger charge is -2.25. The van der Waals surface area contributed by atoms with Gasteiger partial charge in [-0.15, -0.1) is 0 Å². The first-order chi connectivity index (χ1) is 8.80. The van der Waals surface area contributed by atoms with Crippen molar-refractivity contribution < 1.29 is 5.11 Å². The molecule has 0 atom stereocenters. The molecule has 1 saturated carbocycles. The van der Waals surface area contributed by atoms with E-state index in [9.17, 15) is 5.11 Å². The van der Waals surface area contributed by atoms with Gasteiger partial charge in [0.2, 0.25) is 0 Å². The highest BCUT2D eigenvalue weighted by Gasteiger charge is 2.34. The topological polar surface area (TPSA) is 20.2 Å². The first kappa shape index (κ1) is 11.5. The van der Waals surface area contributed by atoms with E-state index in [2.05, 4.69) is 24.3 Å². The molecule has 0 aromatic heterocycles. The van der Waals surface area contributed by atoms with E-state index in [1.54, 1.807) is 0 Å². The molecule has 3 rings (SSSR count). The minimum atomic E-state index is -0.619. The second-order valence-electron chi connectivity index (χ2n) is 5.15. The number of benzene rings is 2. The van der Waals surface area contributed by atoms with Gasteiger partial charge in [0, 0.05) is 0 Å². The van der Waals surface area contributed by atoms with Crippen LogP contribution in [0.2, 0.25) is 0 Å². The van der Waals surface area contributed by atoms with Crippen molar-refractivity contribution >= 4 is 0 Å². The Bertz CT molecular complexity index is 524. The van der Waals surface area contributed by atoms with Gasteiger partial charge in [-0.25, -0.2) is 0 Å². The van der Waals surface area contributed by atoms with E-state index in [4.69, 9.17) is 0 Å². The van der Waals surface area contributed by atoms with Crippen LogP contribution < -0.4 is 0 Å². The number of aliphatic hydroxyl groups is 1. The molecule has 0 unspecified atom stereocenters. The predicted octanol–water partition coefficient (Wildman–Crippen LogP) is 4.12. The Kier molecular flexibility index (Phi) is 2.92. The van der Waals surface area contributed by atoms with Crippen molar-refractivity contribution in [1.82, 2.24) is 0 Å². The highest BCUT2D eigenvalue weighted by molar-refractivity contribution is 5.68. The highest BCUT2D eigenvalue weighted by atomic mass is 16.3. The van der Waals surface area contributed by atoms with Crippen molar-refractivity contribution in [3.63, 3.8) is 0 Å². The molecule has 0 spiro atoms. The number of rotatable bonds is 2. The Morgan fingerprint density at radius 3 is 2.11 bits per heavy atom. The molecule has 1 heteroatoms. The van der Waals surface area contributed by atoms with E-state index in [1.165, 1.54) is 11.1 Å². The summed E-state index contributed by atoms with van der Waals surface area (Å²) in [6.45, 7) is 0. The maximum absolute atomic E-state index is 10.8.